The zero-order chi connectivity index (χ0) is 23.7. The molecule has 0 saturated heterocycles. The van der Waals surface area contributed by atoms with Crippen LogP contribution >= 0.6 is 0 Å². The highest BCUT2D eigenvalue weighted by Gasteiger charge is 2.44. The van der Waals surface area contributed by atoms with E-state index in [1.165, 1.54) is 7.11 Å². The van der Waals surface area contributed by atoms with E-state index in [4.69, 9.17) is 16.4 Å². The van der Waals surface area contributed by atoms with Gasteiger partial charge in [0.15, 0.2) is 5.82 Å². The Balaban J connectivity index is 1.36. The van der Waals surface area contributed by atoms with Gasteiger partial charge in [-0.25, -0.2) is 19.7 Å². The largest absolute Gasteiger partial charge is 0.453 e. The van der Waals surface area contributed by atoms with Gasteiger partial charge >= 0.3 is 6.09 Å². The second-order valence-corrected chi connectivity index (χ2v) is 10.1. The summed E-state index contributed by atoms with van der Waals surface area (Å²) in [4.78, 5) is 32.6. The SMILES string of the molecule is C#Cc1cnc(C2=CCN(c3nc4c(c(NC5(CNC(=O)OC)CC5)n3)[S@@](=O)CC4)CC2)nc1. The van der Waals surface area contributed by atoms with Crippen LogP contribution in [0, 0.1) is 12.3 Å². The topological polar surface area (TPSA) is 122 Å². The van der Waals surface area contributed by atoms with Crippen molar-refractivity contribution in [3.8, 4) is 12.3 Å². The number of nitrogens with one attached hydrogen (secondary N) is 2. The Labute approximate surface area is 200 Å². The van der Waals surface area contributed by atoms with Crippen LogP contribution in [0.3, 0.4) is 0 Å². The van der Waals surface area contributed by atoms with Gasteiger partial charge in [0.05, 0.1) is 34.7 Å². The van der Waals surface area contributed by atoms with Gasteiger partial charge in [-0.05, 0) is 24.8 Å². The van der Waals surface area contributed by atoms with Crippen molar-refractivity contribution in [3.63, 3.8) is 0 Å². The number of terminal acetylenes is 1. The van der Waals surface area contributed by atoms with Gasteiger partial charge in [0.1, 0.15) is 10.7 Å². The highest BCUT2D eigenvalue weighted by molar-refractivity contribution is 7.85. The van der Waals surface area contributed by atoms with E-state index in [0.717, 1.165) is 30.5 Å². The first kappa shape index (κ1) is 22.3. The molecule has 1 atom stereocenters. The molecule has 2 aromatic heterocycles. The average Bonchev–Trinajstić information content (AvgIpc) is 3.54. The van der Waals surface area contributed by atoms with Crippen molar-refractivity contribution >= 4 is 34.2 Å². The molecule has 0 aromatic carbocycles. The van der Waals surface area contributed by atoms with Gasteiger partial charge in [-0.15, -0.1) is 6.42 Å². The Bertz CT molecular complexity index is 1220. The molecule has 2 N–H and O–H groups in total. The minimum absolute atomic E-state index is 0.308. The van der Waals surface area contributed by atoms with Gasteiger partial charge in [-0.1, -0.05) is 12.0 Å². The molecule has 1 amide bonds. The molecule has 0 unspecified atom stereocenters. The maximum Gasteiger partial charge on any atom is 0.406 e. The van der Waals surface area contributed by atoms with Crippen molar-refractivity contribution in [2.24, 2.45) is 0 Å². The molecular weight excluding hydrogens is 454 g/mol. The smallest absolute Gasteiger partial charge is 0.406 e. The number of hydrogen-bond donors (Lipinski definition) is 2. The van der Waals surface area contributed by atoms with Crippen LogP contribution in [0.1, 0.15) is 36.3 Å². The fourth-order valence-electron chi connectivity index (χ4n) is 4.09. The number of fused-ring (bicyclic) bond motifs is 1. The summed E-state index contributed by atoms with van der Waals surface area (Å²) >= 11 is 0. The molecule has 4 heterocycles. The lowest BCUT2D eigenvalue weighted by Crippen LogP contribution is -2.39. The summed E-state index contributed by atoms with van der Waals surface area (Å²) in [5, 5.41) is 6.23. The molecule has 5 rings (SSSR count). The summed E-state index contributed by atoms with van der Waals surface area (Å²) in [6, 6.07) is 0. The molecule has 11 heteroatoms. The van der Waals surface area contributed by atoms with Gasteiger partial charge in [-0.3, -0.25) is 4.21 Å². The average molecular weight is 480 g/mol. The monoisotopic (exact) mass is 479 g/mol. The van der Waals surface area contributed by atoms with Crippen molar-refractivity contribution in [1.82, 2.24) is 25.3 Å². The normalized spacial score (nSPS) is 20.1. The number of carbonyl (C=O) groups is 1. The third-order valence-electron chi connectivity index (χ3n) is 6.27. The Morgan fingerprint density at radius 1 is 1.29 bits per heavy atom. The minimum Gasteiger partial charge on any atom is -0.453 e. The molecule has 2 aliphatic heterocycles. The third kappa shape index (κ3) is 4.46. The van der Waals surface area contributed by atoms with Crippen molar-refractivity contribution in [1.29, 1.82) is 0 Å². The molecule has 34 heavy (non-hydrogen) atoms. The van der Waals surface area contributed by atoms with Crippen molar-refractivity contribution < 1.29 is 13.7 Å². The number of carbonyl (C=O) groups excluding carboxylic acids is 1. The van der Waals surface area contributed by atoms with Gasteiger partial charge in [-0.2, -0.15) is 4.98 Å². The van der Waals surface area contributed by atoms with E-state index in [9.17, 15) is 9.00 Å². The molecular formula is C23H25N7O3S. The molecule has 1 saturated carbocycles. The second kappa shape index (κ2) is 9.02. The lowest BCUT2D eigenvalue weighted by Gasteiger charge is -2.27. The number of rotatable bonds is 6. The van der Waals surface area contributed by atoms with Crippen molar-refractivity contribution in [2.45, 2.75) is 36.1 Å². The quantitative estimate of drug-likeness (QED) is 0.594. The number of ether oxygens (including phenoxy) is 1. The fourth-order valence-corrected chi connectivity index (χ4v) is 5.40. The Hall–Kier alpha value is -3.52. The predicted octanol–water partition coefficient (Wildman–Crippen LogP) is 1.51. The Morgan fingerprint density at radius 3 is 2.74 bits per heavy atom. The molecule has 176 valence electrons. The molecule has 1 aliphatic carbocycles. The third-order valence-corrected chi connectivity index (χ3v) is 7.73. The minimum atomic E-state index is -1.14. The number of methoxy groups -OCH3 is 1. The summed E-state index contributed by atoms with van der Waals surface area (Å²) in [6.45, 7) is 1.74. The molecule has 0 spiro atoms. The van der Waals surface area contributed by atoms with Gasteiger partial charge in [0.25, 0.3) is 0 Å². The van der Waals surface area contributed by atoms with Gasteiger partial charge < -0.3 is 20.3 Å². The summed E-state index contributed by atoms with van der Waals surface area (Å²) in [7, 11) is 0.202. The highest BCUT2D eigenvalue weighted by atomic mass is 32.2. The highest BCUT2D eigenvalue weighted by Crippen LogP contribution is 2.41. The summed E-state index contributed by atoms with van der Waals surface area (Å²) in [5.41, 5.74) is 2.23. The van der Waals surface area contributed by atoms with E-state index in [1.54, 1.807) is 12.4 Å². The van der Waals surface area contributed by atoms with Crippen LogP contribution in [0.25, 0.3) is 5.57 Å². The van der Waals surface area contributed by atoms with E-state index in [0.29, 0.717) is 59.9 Å². The fraction of sp³-hybridized carbons (Fsp3) is 0.435. The van der Waals surface area contributed by atoms with Crippen molar-refractivity contribution in [2.75, 3.05) is 42.7 Å². The zero-order valence-electron chi connectivity index (χ0n) is 18.8. The molecule has 10 nitrogen and oxygen atoms in total. The molecule has 0 bridgehead atoms. The maximum atomic E-state index is 12.7. The van der Waals surface area contributed by atoms with Crippen LogP contribution in [0.2, 0.25) is 0 Å². The van der Waals surface area contributed by atoms with Crippen LogP contribution < -0.4 is 15.5 Å². The van der Waals surface area contributed by atoms with Crippen LogP contribution in [-0.4, -0.2) is 68.3 Å². The number of anilines is 2. The number of aryl methyl sites for hydroxylation is 1. The summed E-state index contributed by atoms with van der Waals surface area (Å²) in [6.07, 6.45) is 13.5. The second-order valence-electron chi connectivity index (χ2n) is 8.56. The van der Waals surface area contributed by atoms with E-state index in [2.05, 4.69) is 42.2 Å². The van der Waals surface area contributed by atoms with Gasteiger partial charge in [0.2, 0.25) is 5.95 Å². The van der Waals surface area contributed by atoms with E-state index < -0.39 is 16.9 Å². The molecule has 1 fully saturated rings. The summed E-state index contributed by atoms with van der Waals surface area (Å²) in [5.74, 6) is 4.96. The van der Waals surface area contributed by atoms with E-state index in [-0.39, 0.29) is 5.54 Å². The standard InChI is InChI=1S/C23H25N7O3S/c1-3-15-12-24-19(25-13-15)16-4-9-30(10-5-16)21-27-17-6-11-34(32)18(17)20(28-21)29-23(7-8-23)14-26-22(31)33-2/h1,4,12-13H,5-11,14H2,2H3,(H,26,31)(H,27,28,29)/t34-/m0/s1. The zero-order valence-corrected chi connectivity index (χ0v) is 19.7. The van der Waals surface area contributed by atoms with E-state index >= 15 is 0 Å². The lowest BCUT2D eigenvalue weighted by molar-refractivity contribution is 0.170. The van der Waals surface area contributed by atoms with Crippen LogP contribution in [0.4, 0.5) is 16.6 Å². The Morgan fingerprint density at radius 2 is 2.09 bits per heavy atom. The predicted molar refractivity (Wildman–Crippen MR) is 128 cm³/mol. The van der Waals surface area contributed by atoms with E-state index in [1.807, 2.05) is 0 Å². The maximum absolute atomic E-state index is 12.7. The van der Waals surface area contributed by atoms with Crippen LogP contribution in [0.5, 0.6) is 0 Å². The molecule has 0 radical (unpaired) electrons. The van der Waals surface area contributed by atoms with Crippen LogP contribution in [-0.2, 0) is 22.0 Å². The number of aromatic nitrogens is 4. The Kier molecular flexibility index (Phi) is 5.91. The number of alkyl carbamates (subject to hydrolysis) is 1. The van der Waals surface area contributed by atoms with Crippen LogP contribution in [0.15, 0.2) is 23.4 Å². The summed E-state index contributed by atoms with van der Waals surface area (Å²) < 4.78 is 17.4. The first-order valence-corrected chi connectivity index (χ1v) is 12.4. The number of amides is 1. The van der Waals surface area contributed by atoms with Crippen molar-refractivity contribution in [3.05, 3.63) is 35.6 Å². The molecule has 3 aliphatic rings. The number of hydrogen-bond acceptors (Lipinski definition) is 9. The molecule has 2 aromatic rings. The number of nitrogens with zero attached hydrogens (tertiary/aromatic N) is 5. The lowest BCUT2D eigenvalue weighted by atomic mass is 10.1. The first-order chi connectivity index (χ1) is 16.5. The first-order valence-electron chi connectivity index (χ1n) is 11.1. The van der Waals surface area contributed by atoms with Gasteiger partial charge in [0, 0.05) is 44.2 Å².